The maximum Gasteiger partial charge on any atom is 0.245 e. The Kier molecular flexibility index (Phi) is 5.40. The molecule has 0 atom stereocenters. The first-order valence-electron chi connectivity index (χ1n) is 5.34. The molecule has 0 aliphatic heterocycles. The van der Waals surface area contributed by atoms with Gasteiger partial charge >= 0.3 is 0 Å². The smallest absolute Gasteiger partial charge is 0.207 e. The van der Waals surface area contributed by atoms with Crippen LogP contribution in [0.25, 0.3) is 0 Å². The third-order valence-corrected chi connectivity index (χ3v) is 4.81. The lowest BCUT2D eigenvalue weighted by Gasteiger charge is -2.17. The number of hydrogen-bond donors (Lipinski definition) is 0. The topological polar surface area (TPSA) is 37.4 Å². The fourth-order valence-corrected chi connectivity index (χ4v) is 3.40. The van der Waals surface area contributed by atoms with Crippen molar-refractivity contribution in [3.05, 3.63) is 28.5 Å². The van der Waals surface area contributed by atoms with E-state index in [1.807, 2.05) is 6.92 Å². The van der Waals surface area contributed by atoms with Crippen molar-refractivity contribution in [3.63, 3.8) is 0 Å². The van der Waals surface area contributed by atoms with Crippen LogP contribution in [0.3, 0.4) is 0 Å². The molecule has 1 aromatic carbocycles. The van der Waals surface area contributed by atoms with E-state index >= 15 is 0 Å². The SMILES string of the molecule is CCCN(C)S(=O)(=O)c1cc(Cl)cc(CCl)c1F. The molecular formula is C11H14Cl2FNO2S. The van der Waals surface area contributed by atoms with Gasteiger partial charge in [-0.25, -0.2) is 17.1 Å². The Morgan fingerprint density at radius 1 is 1.39 bits per heavy atom. The summed E-state index contributed by atoms with van der Waals surface area (Å²) in [7, 11) is -2.47. The highest BCUT2D eigenvalue weighted by Crippen LogP contribution is 2.26. The minimum absolute atomic E-state index is 0.0765. The summed E-state index contributed by atoms with van der Waals surface area (Å²) < 4.78 is 39.4. The highest BCUT2D eigenvalue weighted by molar-refractivity contribution is 7.89. The van der Waals surface area contributed by atoms with Crippen LogP contribution >= 0.6 is 23.2 Å². The fourth-order valence-electron chi connectivity index (χ4n) is 1.51. The Labute approximate surface area is 117 Å². The summed E-state index contributed by atoms with van der Waals surface area (Å²) in [5.74, 6) is -0.968. The third kappa shape index (κ3) is 3.15. The van der Waals surface area contributed by atoms with E-state index in [0.29, 0.717) is 13.0 Å². The summed E-state index contributed by atoms with van der Waals surface area (Å²) in [6, 6.07) is 2.43. The minimum Gasteiger partial charge on any atom is -0.207 e. The summed E-state index contributed by atoms with van der Waals surface area (Å²) in [4.78, 5) is -0.429. The molecule has 3 nitrogen and oxygen atoms in total. The Morgan fingerprint density at radius 3 is 2.50 bits per heavy atom. The van der Waals surface area contributed by atoms with Crippen LogP contribution < -0.4 is 0 Å². The fraction of sp³-hybridized carbons (Fsp3) is 0.455. The summed E-state index contributed by atoms with van der Waals surface area (Å²) in [6.45, 7) is 2.15. The molecule has 0 aliphatic rings. The standard InChI is InChI=1S/C11H14Cl2FNO2S/c1-3-4-15(2)18(16,17)10-6-9(13)5-8(7-12)11(10)14/h5-6H,3-4,7H2,1-2H3. The van der Waals surface area contributed by atoms with Gasteiger partial charge < -0.3 is 0 Å². The van der Waals surface area contributed by atoms with Gasteiger partial charge in [0, 0.05) is 24.2 Å². The zero-order chi connectivity index (χ0) is 13.9. The quantitative estimate of drug-likeness (QED) is 0.782. The van der Waals surface area contributed by atoms with E-state index in [0.717, 1.165) is 10.4 Å². The van der Waals surface area contributed by atoms with Crippen LogP contribution in [0.1, 0.15) is 18.9 Å². The number of rotatable bonds is 5. The van der Waals surface area contributed by atoms with Crippen molar-refractivity contribution < 1.29 is 12.8 Å². The Bertz CT molecular complexity index is 534. The number of halogens is 3. The van der Waals surface area contributed by atoms with E-state index in [2.05, 4.69) is 0 Å². The monoisotopic (exact) mass is 313 g/mol. The second-order valence-corrected chi connectivity index (χ2v) is 6.55. The Hall–Kier alpha value is -0.360. The summed E-state index contributed by atoms with van der Waals surface area (Å²) >= 11 is 11.3. The molecule has 18 heavy (non-hydrogen) atoms. The molecule has 0 aromatic heterocycles. The Balaban J connectivity index is 3.37. The number of sulfonamides is 1. The number of hydrogen-bond acceptors (Lipinski definition) is 2. The molecule has 0 radical (unpaired) electrons. The van der Waals surface area contributed by atoms with Gasteiger partial charge in [-0.1, -0.05) is 18.5 Å². The molecule has 0 saturated heterocycles. The number of nitrogens with zero attached hydrogens (tertiary/aromatic N) is 1. The highest BCUT2D eigenvalue weighted by atomic mass is 35.5. The van der Waals surface area contributed by atoms with Gasteiger partial charge in [0.15, 0.2) is 0 Å². The van der Waals surface area contributed by atoms with Crippen molar-refractivity contribution in [1.82, 2.24) is 4.31 Å². The lowest BCUT2D eigenvalue weighted by atomic mass is 10.2. The minimum atomic E-state index is -3.87. The second kappa shape index (κ2) is 6.19. The first-order chi connectivity index (χ1) is 8.34. The average molecular weight is 314 g/mol. The van der Waals surface area contributed by atoms with Gasteiger partial charge in [-0.3, -0.25) is 0 Å². The van der Waals surface area contributed by atoms with Crippen LogP contribution in [0, 0.1) is 5.82 Å². The first kappa shape index (κ1) is 15.7. The normalized spacial score (nSPS) is 12.1. The molecule has 0 unspecified atom stereocenters. The van der Waals surface area contributed by atoms with Crippen LogP contribution in [0.4, 0.5) is 4.39 Å². The van der Waals surface area contributed by atoms with E-state index < -0.39 is 20.7 Å². The van der Waals surface area contributed by atoms with Crippen molar-refractivity contribution in [2.24, 2.45) is 0 Å². The molecule has 1 rings (SSSR count). The molecule has 0 bridgehead atoms. The van der Waals surface area contributed by atoms with Gasteiger partial charge in [-0.05, 0) is 18.6 Å². The molecule has 0 aliphatic carbocycles. The maximum atomic E-state index is 14.0. The number of alkyl halides is 1. The van der Waals surface area contributed by atoms with Crippen LogP contribution in [0.15, 0.2) is 17.0 Å². The van der Waals surface area contributed by atoms with Gasteiger partial charge in [0.05, 0.1) is 5.88 Å². The van der Waals surface area contributed by atoms with Gasteiger partial charge in [0.1, 0.15) is 10.7 Å². The summed E-state index contributed by atoms with van der Waals surface area (Å²) in [6.07, 6.45) is 0.639. The van der Waals surface area contributed by atoms with Crippen molar-refractivity contribution in [2.45, 2.75) is 24.1 Å². The molecule has 0 N–H and O–H groups in total. The molecule has 102 valence electrons. The zero-order valence-electron chi connectivity index (χ0n) is 10.1. The van der Waals surface area contributed by atoms with Crippen molar-refractivity contribution >= 4 is 33.2 Å². The van der Waals surface area contributed by atoms with Crippen molar-refractivity contribution in [1.29, 1.82) is 0 Å². The van der Waals surface area contributed by atoms with Gasteiger partial charge in [0.25, 0.3) is 0 Å². The Morgan fingerprint density at radius 2 is 2.00 bits per heavy atom. The molecule has 0 spiro atoms. The van der Waals surface area contributed by atoms with E-state index in [-0.39, 0.29) is 16.5 Å². The molecule has 0 fully saturated rings. The third-order valence-electron chi connectivity index (χ3n) is 2.45. The van der Waals surface area contributed by atoms with E-state index in [1.54, 1.807) is 0 Å². The molecule has 7 heteroatoms. The maximum absolute atomic E-state index is 14.0. The van der Waals surface area contributed by atoms with E-state index in [9.17, 15) is 12.8 Å². The van der Waals surface area contributed by atoms with E-state index in [1.165, 1.54) is 13.1 Å². The van der Waals surface area contributed by atoms with Crippen LogP contribution in [0.5, 0.6) is 0 Å². The van der Waals surface area contributed by atoms with Gasteiger partial charge in [0.2, 0.25) is 10.0 Å². The number of benzene rings is 1. The summed E-state index contributed by atoms with van der Waals surface area (Å²) in [5.41, 5.74) is 0.0765. The summed E-state index contributed by atoms with van der Waals surface area (Å²) in [5, 5.41) is 0.149. The molecule has 0 amide bonds. The average Bonchev–Trinajstić information content (AvgIpc) is 2.31. The molecule has 0 heterocycles. The lowest BCUT2D eigenvalue weighted by Crippen LogP contribution is -2.28. The molecule has 1 aromatic rings. The van der Waals surface area contributed by atoms with Crippen LogP contribution in [-0.4, -0.2) is 26.3 Å². The zero-order valence-corrected chi connectivity index (χ0v) is 12.4. The van der Waals surface area contributed by atoms with Crippen LogP contribution in [-0.2, 0) is 15.9 Å². The first-order valence-corrected chi connectivity index (χ1v) is 7.70. The molecular weight excluding hydrogens is 300 g/mol. The predicted octanol–water partition coefficient (Wildman–Crippen LogP) is 3.25. The largest absolute Gasteiger partial charge is 0.245 e. The van der Waals surface area contributed by atoms with E-state index in [4.69, 9.17) is 23.2 Å². The van der Waals surface area contributed by atoms with Crippen molar-refractivity contribution in [3.8, 4) is 0 Å². The van der Waals surface area contributed by atoms with Gasteiger partial charge in [-0.2, -0.15) is 0 Å². The van der Waals surface area contributed by atoms with Gasteiger partial charge in [-0.15, -0.1) is 11.6 Å². The second-order valence-electron chi connectivity index (χ2n) is 3.84. The van der Waals surface area contributed by atoms with Crippen molar-refractivity contribution in [2.75, 3.05) is 13.6 Å². The van der Waals surface area contributed by atoms with Crippen LogP contribution in [0.2, 0.25) is 5.02 Å². The molecule has 0 saturated carbocycles. The lowest BCUT2D eigenvalue weighted by molar-refractivity contribution is 0.461. The predicted molar refractivity (Wildman–Crippen MR) is 71.1 cm³/mol. The highest BCUT2D eigenvalue weighted by Gasteiger charge is 2.26.